The number of aromatic nitrogens is 8. The Morgan fingerprint density at radius 3 is 1.91 bits per heavy atom. The van der Waals surface area contributed by atoms with Gasteiger partial charge in [0.15, 0.2) is 5.82 Å². The average Bonchev–Trinajstić information content (AvgIpc) is 3.23. The molecule has 0 radical (unpaired) electrons. The van der Waals surface area contributed by atoms with Crippen LogP contribution >= 0.6 is 31.9 Å². The molecule has 4 aromatic rings. The van der Waals surface area contributed by atoms with E-state index in [2.05, 4.69) is 72.2 Å². The molecule has 5 N–H and O–H groups in total. The van der Waals surface area contributed by atoms with Gasteiger partial charge in [0.05, 0.1) is 0 Å². The normalized spacial score (nSPS) is 14.8. The topological polar surface area (TPSA) is 155 Å². The maximum atomic E-state index is 5.88. The molecule has 0 atom stereocenters. The third-order valence-corrected chi connectivity index (χ3v) is 6.75. The van der Waals surface area contributed by atoms with Crippen LogP contribution in [0, 0.1) is 0 Å². The van der Waals surface area contributed by atoms with E-state index in [1.54, 1.807) is 34.2 Å². The molecule has 34 heavy (non-hydrogen) atoms. The van der Waals surface area contributed by atoms with Crippen molar-refractivity contribution in [2.45, 2.75) is 25.3 Å². The largest absolute Gasteiger partial charge is 0.383 e. The first-order valence-corrected chi connectivity index (χ1v) is 12.3. The predicted octanol–water partition coefficient (Wildman–Crippen LogP) is 2.80. The van der Waals surface area contributed by atoms with Crippen molar-refractivity contribution in [1.82, 2.24) is 39.5 Å². The number of nitrogens with two attached hydrogens (primary N) is 2. The van der Waals surface area contributed by atoms with Gasteiger partial charge in [0.2, 0.25) is 0 Å². The molecule has 2 fully saturated rings. The molecule has 14 heteroatoms. The molecule has 0 unspecified atom stereocenters. The quantitative estimate of drug-likeness (QED) is 0.316. The number of anilines is 4. The lowest BCUT2D eigenvalue weighted by Crippen LogP contribution is -2.38. The molecular weight excluding hydrogens is 568 g/mol. The minimum atomic E-state index is 0.411. The molecule has 176 valence electrons. The van der Waals surface area contributed by atoms with Crippen LogP contribution in [0.4, 0.5) is 23.3 Å². The molecule has 12 nitrogen and oxygen atoms in total. The summed E-state index contributed by atoms with van der Waals surface area (Å²) >= 11 is 6.82. The summed E-state index contributed by atoms with van der Waals surface area (Å²) < 4.78 is 4.65. The molecule has 6 rings (SSSR count). The van der Waals surface area contributed by atoms with E-state index in [0.717, 1.165) is 29.2 Å². The van der Waals surface area contributed by atoms with Gasteiger partial charge in [-0.05, 0) is 63.3 Å². The van der Waals surface area contributed by atoms with E-state index in [9.17, 15) is 0 Å². The highest BCUT2D eigenvalue weighted by molar-refractivity contribution is 9.11. The van der Waals surface area contributed by atoms with Crippen molar-refractivity contribution in [3.05, 3.63) is 45.9 Å². The first kappa shape index (κ1) is 22.5. The molecule has 1 aliphatic heterocycles. The van der Waals surface area contributed by atoms with Crippen molar-refractivity contribution in [1.29, 1.82) is 0 Å². The van der Waals surface area contributed by atoms with Crippen LogP contribution < -0.4 is 21.7 Å². The van der Waals surface area contributed by atoms with Crippen LogP contribution in [0.3, 0.4) is 0 Å². The summed E-state index contributed by atoms with van der Waals surface area (Å²) in [6.07, 6.45) is 10.5. The summed E-state index contributed by atoms with van der Waals surface area (Å²) in [7, 11) is 0. The lowest BCUT2D eigenvalue weighted by atomic mass is 10.2. The Morgan fingerprint density at radius 2 is 1.41 bits per heavy atom. The molecule has 5 heterocycles. The highest BCUT2D eigenvalue weighted by atomic mass is 79.9. The van der Waals surface area contributed by atoms with Gasteiger partial charge < -0.3 is 21.7 Å². The van der Waals surface area contributed by atoms with Gasteiger partial charge in [-0.15, -0.1) is 0 Å². The van der Waals surface area contributed by atoms with Gasteiger partial charge in [0.25, 0.3) is 11.9 Å². The van der Waals surface area contributed by atoms with E-state index in [0.29, 0.717) is 34.0 Å². The van der Waals surface area contributed by atoms with Crippen LogP contribution in [-0.4, -0.2) is 58.6 Å². The van der Waals surface area contributed by atoms with Gasteiger partial charge in [-0.25, -0.2) is 9.36 Å². The number of rotatable bonds is 5. The molecule has 0 spiro atoms. The number of halogens is 2. The summed E-state index contributed by atoms with van der Waals surface area (Å²) in [5.41, 5.74) is 11.7. The summed E-state index contributed by atoms with van der Waals surface area (Å²) in [4.78, 5) is 19.4. The molecule has 1 saturated carbocycles. The standard InChI is InChI=1S/2C10H11BrN6/c11-7-8(12)15-10(17-5-1-4-13-17)16-9(7)14-6-2-3-6;11-7-8(12)14-10(17-6-1-3-13-17)15-9(7)16-4-2-5-16/h1,4-6H,2-3H2,(H3,12,14,15,16);1,3,6H,2,4-5H2,(H2,12,14,15). The zero-order valence-corrected chi connectivity index (χ0v) is 21.2. The Balaban J connectivity index is 0.000000142. The van der Waals surface area contributed by atoms with Crippen molar-refractivity contribution in [2.24, 2.45) is 0 Å². The second kappa shape index (κ2) is 9.54. The SMILES string of the molecule is Nc1nc(-n2cccn2)nc(N2CCC2)c1Br.Nc1nc(-n2cccn2)nc(NC2CC2)c1Br. The molecule has 0 bridgehead atoms. The van der Waals surface area contributed by atoms with Crippen LogP contribution in [-0.2, 0) is 0 Å². The van der Waals surface area contributed by atoms with Gasteiger partial charge in [-0.1, -0.05) is 0 Å². The van der Waals surface area contributed by atoms with Crippen LogP contribution in [0.2, 0.25) is 0 Å². The number of nitrogen functional groups attached to an aromatic ring is 2. The first-order chi connectivity index (χ1) is 16.5. The summed E-state index contributed by atoms with van der Waals surface area (Å²) in [6, 6.07) is 4.14. The summed E-state index contributed by atoms with van der Waals surface area (Å²) in [5, 5.41) is 11.5. The van der Waals surface area contributed by atoms with E-state index >= 15 is 0 Å². The van der Waals surface area contributed by atoms with Crippen molar-refractivity contribution < 1.29 is 0 Å². The number of hydrogen-bond donors (Lipinski definition) is 3. The number of nitrogens with one attached hydrogen (secondary N) is 1. The zero-order valence-electron chi connectivity index (χ0n) is 18.0. The monoisotopic (exact) mass is 588 g/mol. The van der Waals surface area contributed by atoms with Gasteiger partial charge in [0.1, 0.15) is 26.4 Å². The van der Waals surface area contributed by atoms with E-state index < -0.39 is 0 Å². The van der Waals surface area contributed by atoms with Gasteiger partial charge >= 0.3 is 0 Å². The van der Waals surface area contributed by atoms with Crippen molar-refractivity contribution >= 4 is 55.1 Å². The van der Waals surface area contributed by atoms with E-state index in [-0.39, 0.29) is 0 Å². The molecule has 0 amide bonds. The molecule has 2 aliphatic rings. The Kier molecular flexibility index (Phi) is 6.32. The van der Waals surface area contributed by atoms with Crippen molar-refractivity contribution in [3.63, 3.8) is 0 Å². The molecule has 1 aliphatic carbocycles. The van der Waals surface area contributed by atoms with E-state index in [1.807, 2.05) is 12.1 Å². The minimum absolute atomic E-state index is 0.411. The Morgan fingerprint density at radius 1 is 0.824 bits per heavy atom. The Bertz CT molecular complexity index is 1270. The lowest BCUT2D eigenvalue weighted by molar-refractivity contribution is 0.605. The molecule has 1 saturated heterocycles. The van der Waals surface area contributed by atoms with Crippen LogP contribution in [0.25, 0.3) is 11.9 Å². The third-order valence-electron chi connectivity index (χ3n) is 5.21. The fraction of sp³-hybridized carbons (Fsp3) is 0.300. The van der Waals surface area contributed by atoms with Gasteiger partial charge in [-0.3, -0.25) is 0 Å². The fourth-order valence-corrected chi connectivity index (χ4v) is 3.85. The first-order valence-electron chi connectivity index (χ1n) is 10.7. The van der Waals surface area contributed by atoms with Gasteiger partial charge in [0, 0.05) is 43.9 Å². The summed E-state index contributed by atoms with van der Waals surface area (Å²) in [5.74, 6) is 3.39. The highest BCUT2D eigenvalue weighted by Crippen LogP contribution is 2.32. The molecule has 0 aromatic carbocycles. The molecular formula is C20H22Br2N12. The van der Waals surface area contributed by atoms with Crippen molar-refractivity contribution in [2.75, 3.05) is 34.8 Å². The minimum Gasteiger partial charge on any atom is -0.383 e. The number of hydrogen-bond acceptors (Lipinski definition) is 10. The average molecular weight is 590 g/mol. The van der Waals surface area contributed by atoms with E-state index in [1.165, 1.54) is 19.3 Å². The second-order valence-corrected chi connectivity index (χ2v) is 9.36. The third kappa shape index (κ3) is 4.82. The maximum Gasteiger partial charge on any atom is 0.254 e. The predicted molar refractivity (Wildman–Crippen MR) is 136 cm³/mol. The highest BCUT2D eigenvalue weighted by Gasteiger charge is 2.24. The Labute approximate surface area is 212 Å². The zero-order chi connectivity index (χ0) is 23.7. The molecule has 4 aromatic heterocycles. The van der Waals surface area contributed by atoms with Crippen LogP contribution in [0.1, 0.15) is 19.3 Å². The smallest absolute Gasteiger partial charge is 0.254 e. The second-order valence-electron chi connectivity index (χ2n) is 7.78. The van der Waals surface area contributed by atoms with Crippen LogP contribution in [0.5, 0.6) is 0 Å². The number of nitrogens with zero attached hydrogens (tertiary/aromatic N) is 9. The van der Waals surface area contributed by atoms with Gasteiger partial charge in [-0.2, -0.15) is 30.1 Å². The fourth-order valence-electron chi connectivity index (χ4n) is 3.13. The van der Waals surface area contributed by atoms with Crippen molar-refractivity contribution in [3.8, 4) is 11.9 Å². The van der Waals surface area contributed by atoms with E-state index in [4.69, 9.17) is 11.5 Å². The lowest BCUT2D eigenvalue weighted by Gasteiger charge is -2.32. The Hall–Kier alpha value is -3.26. The summed E-state index contributed by atoms with van der Waals surface area (Å²) in [6.45, 7) is 2.02. The van der Waals surface area contributed by atoms with Crippen LogP contribution in [0.15, 0.2) is 45.9 Å². The maximum absolute atomic E-state index is 5.88.